The Morgan fingerprint density at radius 3 is 2.66 bits per heavy atom. The maximum absolute atomic E-state index is 13.0. The third-order valence-corrected chi connectivity index (χ3v) is 5.82. The molecule has 2 heterocycles. The van der Waals surface area contributed by atoms with Gasteiger partial charge in [0, 0.05) is 13.0 Å². The lowest BCUT2D eigenvalue weighted by Crippen LogP contribution is -2.54. The van der Waals surface area contributed by atoms with Crippen molar-refractivity contribution in [3.8, 4) is 5.75 Å². The van der Waals surface area contributed by atoms with Gasteiger partial charge in [0.1, 0.15) is 11.8 Å². The second-order valence-corrected chi connectivity index (χ2v) is 8.27. The summed E-state index contributed by atoms with van der Waals surface area (Å²) in [6, 6.07) is 2.94. The first-order valence-electron chi connectivity index (χ1n) is 11.5. The van der Waals surface area contributed by atoms with Crippen LogP contribution in [-0.2, 0) is 19.2 Å². The van der Waals surface area contributed by atoms with Crippen molar-refractivity contribution in [1.82, 2.24) is 20.9 Å². The number of carbonyl (C=O) groups excluding carboxylic acids is 6. The molecule has 0 radical (unpaired) electrons. The molecular weight excluding hydrogens is 458 g/mol. The molecule has 1 saturated heterocycles. The fourth-order valence-corrected chi connectivity index (χ4v) is 4.09. The number of benzene rings is 1. The molecule has 2 atom stereocenters. The second-order valence-electron chi connectivity index (χ2n) is 8.27. The van der Waals surface area contributed by atoms with Gasteiger partial charge in [0.05, 0.1) is 17.2 Å². The van der Waals surface area contributed by atoms with Gasteiger partial charge in [0.2, 0.25) is 17.7 Å². The zero-order valence-corrected chi connectivity index (χ0v) is 19.4. The third-order valence-electron chi connectivity index (χ3n) is 5.82. The molecule has 6 amide bonds. The zero-order valence-electron chi connectivity index (χ0n) is 19.4. The highest BCUT2D eigenvalue weighted by atomic mass is 16.5. The van der Waals surface area contributed by atoms with Crippen LogP contribution in [0.1, 0.15) is 59.7 Å². The number of nitrogens with one attached hydrogen (secondary N) is 3. The van der Waals surface area contributed by atoms with Crippen LogP contribution in [-0.4, -0.2) is 72.1 Å². The van der Waals surface area contributed by atoms with Crippen molar-refractivity contribution in [3.63, 3.8) is 0 Å². The molecule has 0 bridgehead atoms. The molecule has 0 aliphatic carbocycles. The summed E-state index contributed by atoms with van der Waals surface area (Å²) in [5.41, 5.74) is 5.39. The Morgan fingerprint density at radius 2 is 1.97 bits per heavy atom. The van der Waals surface area contributed by atoms with Crippen molar-refractivity contribution >= 4 is 35.4 Å². The molecule has 3 rings (SSSR count). The highest BCUT2D eigenvalue weighted by molar-refractivity contribution is 6.24. The number of imide groups is 2. The van der Waals surface area contributed by atoms with Crippen LogP contribution in [0.4, 0.5) is 0 Å². The quantitative estimate of drug-likeness (QED) is 0.219. The Kier molecular flexibility index (Phi) is 8.53. The Labute approximate surface area is 201 Å². The van der Waals surface area contributed by atoms with E-state index in [1.807, 2.05) is 6.92 Å². The minimum atomic E-state index is -1.09. The molecule has 12 heteroatoms. The first-order chi connectivity index (χ1) is 16.7. The minimum absolute atomic E-state index is 0.0177. The fourth-order valence-electron chi connectivity index (χ4n) is 4.09. The Morgan fingerprint density at radius 1 is 1.20 bits per heavy atom. The predicted octanol–water partition coefficient (Wildman–Crippen LogP) is -0.783. The van der Waals surface area contributed by atoms with E-state index in [0.29, 0.717) is 32.4 Å². The van der Waals surface area contributed by atoms with E-state index in [0.717, 1.165) is 4.90 Å². The standard InChI is InChI=1S/C23H29N5O7/c1-2-25-14(20(24)31)7-3-4-11-26-18(30)12-35-16-8-5-6-13-19(16)23(34)28(22(13)33)15-9-10-17(29)27-21(15)32/h5-6,8,14-15,25H,2-4,7,9-12H2,1H3,(H2,24,31)(H,26,30)(H,27,29,32)/t14-,15?/m0/s1. The van der Waals surface area contributed by atoms with Crippen LogP contribution in [0.5, 0.6) is 5.75 Å². The SMILES string of the molecule is CCN[C@@H](CCCCNC(=O)COc1cccc2c1C(=O)N(C1CCC(=O)NC1=O)C2=O)C(N)=O. The van der Waals surface area contributed by atoms with Gasteiger partial charge >= 0.3 is 0 Å². The van der Waals surface area contributed by atoms with E-state index in [9.17, 15) is 28.8 Å². The normalized spacial score (nSPS) is 18.2. The van der Waals surface area contributed by atoms with Gasteiger partial charge in [0.25, 0.3) is 17.7 Å². The van der Waals surface area contributed by atoms with Gasteiger partial charge in [0.15, 0.2) is 6.61 Å². The number of primary amides is 1. The highest BCUT2D eigenvalue weighted by Crippen LogP contribution is 2.33. The number of nitrogens with zero attached hydrogens (tertiary/aromatic N) is 1. The van der Waals surface area contributed by atoms with Crippen LogP contribution < -0.4 is 26.4 Å². The van der Waals surface area contributed by atoms with E-state index in [2.05, 4.69) is 16.0 Å². The predicted molar refractivity (Wildman–Crippen MR) is 122 cm³/mol. The summed E-state index contributed by atoms with van der Waals surface area (Å²) >= 11 is 0. The summed E-state index contributed by atoms with van der Waals surface area (Å²) in [6.45, 7) is 2.50. The number of hydrogen-bond donors (Lipinski definition) is 4. The summed E-state index contributed by atoms with van der Waals surface area (Å²) < 4.78 is 5.53. The van der Waals surface area contributed by atoms with Gasteiger partial charge in [-0.2, -0.15) is 0 Å². The van der Waals surface area contributed by atoms with Gasteiger partial charge < -0.3 is 21.1 Å². The van der Waals surface area contributed by atoms with Crippen LogP contribution >= 0.6 is 0 Å². The molecule has 5 N–H and O–H groups in total. The lowest BCUT2D eigenvalue weighted by molar-refractivity contribution is -0.136. The van der Waals surface area contributed by atoms with E-state index < -0.39 is 47.5 Å². The van der Waals surface area contributed by atoms with Gasteiger partial charge in [-0.15, -0.1) is 0 Å². The molecular formula is C23H29N5O7. The molecule has 2 aliphatic heterocycles. The number of amides is 6. The first kappa shape index (κ1) is 25.8. The zero-order chi connectivity index (χ0) is 25.5. The number of fused-ring (bicyclic) bond motifs is 1. The van der Waals surface area contributed by atoms with Crippen LogP contribution in [0.2, 0.25) is 0 Å². The number of hydrogen-bond acceptors (Lipinski definition) is 8. The fraction of sp³-hybridized carbons (Fsp3) is 0.478. The van der Waals surface area contributed by atoms with Gasteiger partial charge in [-0.1, -0.05) is 13.0 Å². The lowest BCUT2D eigenvalue weighted by Gasteiger charge is -2.27. The van der Waals surface area contributed by atoms with Gasteiger partial charge in [-0.3, -0.25) is 39.0 Å². The lowest BCUT2D eigenvalue weighted by atomic mass is 10.0. The molecule has 12 nitrogen and oxygen atoms in total. The average Bonchev–Trinajstić information content (AvgIpc) is 3.07. The number of likely N-dealkylation sites (N-methyl/N-ethyl adjacent to an activating group) is 1. The van der Waals surface area contributed by atoms with Crippen LogP contribution in [0, 0.1) is 0 Å². The van der Waals surface area contributed by atoms with E-state index in [1.165, 1.54) is 18.2 Å². The average molecular weight is 488 g/mol. The van der Waals surface area contributed by atoms with Crippen molar-refractivity contribution < 1.29 is 33.5 Å². The number of unbranched alkanes of at least 4 members (excludes halogenated alkanes) is 1. The molecule has 35 heavy (non-hydrogen) atoms. The Bertz CT molecular complexity index is 1040. The Balaban J connectivity index is 1.53. The third kappa shape index (κ3) is 6.01. The van der Waals surface area contributed by atoms with E-state index >= 15 is 0 Å². The van der Waals surface area contributed by atoms with Crippen molar-refractivity contribution in [2.24, 2.45) is 5.73 Å². The monoisotopic (exact) mass is 487 g/mol. The second kappa shape index (κ2) is 11.6. The number of piperidine rings is 1. The molecule has 1 fully saturated rings. The maximum Gasteiger partial charge on any atom is 0.266 e. The minimum Gasteiger partial charge on any atom is -0.483 e. The maximum atomic E-state index is 13.0. The highest BCUT2D eigenvalue weighted by Gasteiger charge is 2.46. The summed E-state index contributed by atoms with van der Waals surface area (Å²) in [4.78, 5) is 73.8. The van der Waals surface area contributed by atoms with Gasteiger partial charge in [-0.05, 0) is 44.4 Å². The molecule has 1 aromatic carbocycles. The molecule has 1 unspecified atom stereocenters. The smallest absolute Gasteiger partial charge is 0.266 e. The van der Waals surface area contributed by atoms with E-state index in [1.54, 1.807) is 0 Å². The summed E-state index contributed by atoms with van der Waals surface area (Å²) in [7, 11) is 0. The van der Waals surface area contributed by atoms with Crippen LogP contribution in [0.25, 0.3) is 0 Å². The number of nitrogens with two attached hydrogens (primary N) is 1. The van der Waals surface area contributed by atoms with Crippen LogP contribution in [0.3, 0.4) is 0 Å². The number of carbonyl (C=O) groups is 6. The number of rotatable bonds is 12. The summed E-state index contributed by atoms with van der Waals surface area (Å²) in [5, 5.41) is 7.84. The summed E-state index contributed by atoms with van der Waals surface area (Å²) in [5.74, 6) is -3.29. The van der Waals surface area contributed by atoms with Crippen molar-refractivity contribution in [1.29, 1.82) is 0 Å². The van der Waals surface area contributed by atoms with E-state index in [-0.39, 0.29) is 36.3 Å². The van der Waals surface area contributed by atoms with Gasteiger partial charge in [-0.25, -0.2) is 0 Å². The van der Waals surface area contributed by atoms with Crippen molar-refractivity contribution in [2.75, 3.05) is 19.7 Å². The molecule has 188 valence electrons. The van der Waals surface area contributed by atoms with Crippen molar-refractivity contribution in [2.45, 2.75) is 51.1 Å². The van der Waals surface area contributed by atoms with Crippen LogP contribution in [0.15, 0.2) is 18.2 Å². The molecule has 2 aliphatic rings. The molecule has 0 aromatic heterocycles. The largest absolute Gasteiger partial charge is 0.483 e. The van der Waals surface area contributed by atoms with E-state index in [4.69, 9.17) is 10.5 Å². The summed E-state index contributed by atoms with van der Waals surface area (Å²) in [6.07, 6.45) is 1.94. The molecule has 1 aromatic rings. The van der Waals surface area contributed by atoms with Crippen molar-refractivity contribution in [3.05, 3.63) is 29.3 Å². The topological polar surface area (TPSA) is 177 Å². The first-order valence-corrected chi connectivity index (χ1v) is 11.5. The number of ether oxygens (including phenoxy) is 1. The Hall–Kier alpha value is -3.80. The molecule has 0 saturated carbocycles. The molecule has 0 spiro atoms.